The molecule has 2 aromatic carbocycles. The van der Waals surface area contributed by atoms with Crippen LogP contribution in [-0.2, 0) is 12.8 Å². The molecule has 5 heteroatoms. The van der Waals surface area contributed by atoms with Gasteiger partial charge in [0.05, 0.1) is 16.5 Å². The van der Waals surface area contributed by atoms with Gasteiger partial charge < -0.3 is 9.80 Å². The Morgan fingerprint density at radius 1 is 0.933 bits per heavy atom. The highest BCUT2D eigenvalue weighted by atomic mass is 32.1. The second-order valence-electron chi connectivity index (χ2n) is 7.91. The summed E-state index contributed by atoms with van der Waals surface area (Å²) in [6.07, 6.45) is 3.01. The first kappa shape index (κ1) is 18.9. The normalized spacial score (nSPS) is 15.7. The molecule has 2 heterocycles. The fourth-order valence-electron chi connectivity index (χ4n) is 4.46. The molecule has 0 unspecified atom stereocenters. The van der Waals surface area contributed by atoms with E-state index in [9.17, 15) is 4.79 Å². The Bertz CT molecular complexity index is 1130. The van der Waals surface area contributed by atoms with Crippen LogP contribution >= 0.6 is 11.3 Å². The van der Waals surface area contributed by atoms with Crippen molar-refractivity contribution in [3.05, 3.63) is 76.2 Å². The Balaban J connectivity index is 1.32. The first-order valence-electron chi connectivity index (χ1n) is 10.5. The molecule has 1 amide bonds. The van der Waals surface area contributed by atoms with E-state index in [0.29, 0.717) is 5.56 Å². The summed E-state index contributed by atoms with van der Waals surface area (Å²) in [4.78, 5) is 19.7. The highest BCUT2D eigenvalue weighted by Gasteiger charge is 2.25. The summed E-state index contributed by atoms with van der Waals surface area (Å²) in [7, 11) is 0. The minimum absolute atomic E-state index is 0.161. The Morgan fingerprint density at radius 2 is 1.73 bits per heavy atom. The largest absolute Gasteiger partial charge is 0.370 e. The molecule has 0 saturated carbocycles. The van der Waals surface area contributed by atoms with E-state index >= 15 is 0 Å². The second-order valence-corrected chi connectivity index (χ2v) is 8.97. The van der Waals surface area contributed by atoms with E-state index in [1.807, 2.05) is 29.2 Å². The topological polar surface area (TPSA) is 47.3 Å². The van der Waals surface area contributed by atoms with E-state index in [4.69, 9.17) is 5.26 Å². The fourth-order valence-corrected chi connectivity index (χ4v) is 5.70. The lowest BCUT2D eigenvalue weighted by Crippen LogP contribution is -2.34. The smallest absolute Gasteiger partial charge is 0.264 e. The molecule has 0 radical (unpaired) electrons. The van der Waals surface area contributed by atoms with Crippen molar-refractivity contribution >= 4 is 22.9 Å². The van der Waals surface area contributed by atoms with Crippen molar-refractivity contribution in [2.45, 2.75) is 19.3 Å². The standard InChI is InChI=1S/C25H23N3OS/c26-17-18-6-10-21(11-7-18)27-12-3-13-28(15-14-27)25(29)23-16-20-9-8-19-4-1-2-5-22(19)24(20)30-23/h1-2,4-7,10-11,16H,3,8-9,12-15H2. The summed E-state index contributed by atoms with van der Waals surface area (Å²) in [5.74, 6) is 0.161. The number of amides is 1. The van der Waals surface area contributed by atoms with E-state index in [1.165, 1.54) is 21.6 Å². The minimum Gasteiger partial charge on any atom is -0.370 e. The number of nitrogens with zero attached hydrogens (tertiary/aromatic N) is 3. The molecule has 1 saturated heterocycles. The van der Waals surface area contributed by atoms with Gasteiger partial charge in [-0.1, -0.05) is 24.3 Å². The first-order chi connectivity index (χ1) is 14.7. The maximum Gasteiger partial charge on any atom is 0.264 e. The summed E-state index contributed by atoms with van der Waals surface area (Å²) in [5, 5.41) is 9.00. The van der Waals surface area contributed by atoms with Gasteiger partial charge in [0.1, 0.15) is 0 Å². The quantitative estimate of drug-likeness (QED) is 0.610. The predicted octanol–water partition coefficient (Wildman–Crippen LogP) is 4.74. The monoisotopic (exact) mass is 413 g/mol. The van der Waals surface area contributed by atoms with Gasteiger partial charge in [-0.05, 0) is 66.3 Å². The zero-order valence-corrected chi connectivity index (χ0v) is 17.6. The van der Waals surface area contributed by atoms with E-state index in [2.05, 4.69) is 41.3 Å². The van der Waals surface area contributed by atoms with Gasteiger partial charge >= 0.3 is 0 Å². The van der Waals surface area contributed by atoms with Crippen molar-refractivity contribution in [2.75, 3.05) is 31.1 Å². The van der Waals surface area contributed by atoms with Crippen molar-refractivity contribution in [1.29, 1.82) is 5.26 Å². The van der Waals surface area contributed by atoms with E-state index < -0.39 is 0 Å². The van der Waals surface area contributed by atoms with Gasteiger partial charge in [0, 0.05) is 36.7 Å². The summed E-state index contributed by atoms with van der Waals surface area (Å²) in [6, 6.07) is 20.6. The summed E-state index contributed by atoms with van der Waals surface area (Å²) in [5.41, 5.74) is 5.79. The Kier molecular flexibility index (Phi) is 5.02. The number of rotatable bonds is 2. The number of anilines is 1. The molecule has 150 valence electrons. The Morgan fingerprint density at radius 3 is 2.57 bits per heavy atom. The van der Waals surface area contributed by atoms with Crippen LogP contribution in [0.5, 0.6) is 0 Å². The Labute approximate surface area is 181 Å². The molecule has 2 aliphatic rings. The maximum atomic E-state index is 13.3. The van der Waals surface area contributed by atoms with Crippen LogP contribution in [0.25, 0.3) is 10.4 Å². The number of carbonyl (C=O) groups is 1. The molecule has 0 atom stereocenters. The van der Waals surface area contributed by atoms with Gasteiger partial charge in [-0.15, -0.1) is 11.3 Å². The van der Waals surface area contributed by atoms with Crippen LogP contribution < -0.4 is 4.90 Å². The minimum atomic E-state index is 0.161. The van der Waals surface area contributed by atoms with Gasteiger partial charge in [-0.2, -0.15) is 5.26 Å². The molecule has 0 spiro atoms. The highest BCUT2D eigenvalue weighted by molar-refractivity contribution is 7.17. The number of nitriles is 1. The third-order valence-corrected chi connectivity index (χ3v) is 7.29. The van der Waals surface area contributed by atoms with Crippen LogP contribution in [-0.4, -0.2) is 37.0 Å². The van der Waals surface area contributed by atoms with Crippen molar-refractivity contribution in [3.8, 4) is 16.5 Å². The molecule has 1 aliphatic carbocycles. The first-order valence-corrected chi connectivity index (χ1v) is 11.3. The number of benzene rings is 2. The summed E-state index contributed by atoms with van der Waals surface area (Å²) in [6.45, 7) is 3.23. The van der Waals surface area contributed by atoms with Gasteiger partial charge in [0.2, 0.25) is 0 Å². The van der Waals surface area contributed by atoms with Crippen molar-refractivity contribution < 1.29 is 4.79 Å². The lowest BCUT2D eigenvalue weighted by Gasteiger charge is -2.23. The fraction of sp³-hybridized carbons (Fsp3) is 0.280. The molecular weight excluding hydrogens is 390 g/mol. The lowest BCUT2D eigenvalue weighted by atomic mass is 9.91. The number of fused-ring (bicyclic) bond motifs is 3. The van der Waals surface area contributed by atoms with Crippen LogP contribution in [0.4, 0.5) is 5.69 Å². The average Bonchev–Trinajstić information content (AvgIpc) is 3.09. The predicted molar refractivity (Wildman–Crippen MR) is 121 cm³/mol. The number of hydrogen-bond donors (Lipinski definition) is 0. The zero-order chi connectivity index (χ0) is 20.5. The Hall–Kier alpha value is -3.10. The van der Waals surface area contributed by atoms with Crippen LogP contribution in [0.15, 0.2) is 54.6 Å². The van der Waals surface area contributed by atoms with Crippen molar-refractivity contribution in [2.24, 2.45) is 0 Å². The third-order valence-electron chi connectivity index (χ3n) is 6.09. The van der Waals surface area contributed by atoms with Crippen LogP contribution in [0, 0.1) is 11.3 Å². The van der Waals surface area contributed by atoms with Crippen molar-refractivity contribution in [1.82, 2.24) is 4.90 Å². The summed E-state index contributed by atoms with van der Waals surface area (Å²) < 4.78 is 0. The molecule has 1 fully saturated rings. The molecule has 3 aromatic rings. The maximum absolute atomic E-state index is 13.3. The van der Waals surface area contributed by atoms with Gasteiger partial charge in [-0.3, -0.25) is 4.79 Å². The van der Waals surface area contributed by atoms with E-state index in [1.54, 1.807) is 11.3 Å². The molecule has 0 bridgehead atoms. The van der Waals surface area contributed by atoms with Crippen LogP contribution in [0.3, 0.4) is 0 Å². The zero-order valence-electron chi connectivity index (χ0n) is 16.8. The molecule has 5 rings (SSSR count). The summed E-state index contributed by atoms with van der Waals surface area (Å²) >= 11 is 1.65. The molecule has 1 aliphatic heterocycles. The highest BCUT2D eigenvalue weighted by Crippen LogP contribution is 2.39. The van der Waals surface area contributed by atoms with Crippen molar-refractivity contribution in [3.63, 3.8) is 0 Å². The third kappa shape index (κ3) is 3.48. The van der Waals surface area contributed by atoms with Gasteiger partial charge in [0.25, 0.3) is 5.91 Å². The molecule has 1 aromatic heterocycles. The van der Waals surface area contributed by atoms with Crippen LogP contribution in [0.2, 0.25) is 0 Å². The number of carbonyl (C=O) groups excluding carboxylic acids is 1. The number of thiophene rings is 1. The van der Waals surface area contributed by atoms with Gasteiger partial charge in [0.15, 0.2) is 0 Å². The molecule has 4 nitrogen and oxygen atoms in total. The molecular formula is C25H23N3OS. The van der Waals surface area contributed by atoms with Gasteiger partial charge in [-0.25, -0.2) is 0 Å². The lowest BCUT2D eigenvalue weighted by molar-refractivity contribution is 0.0772. The molecule has 30 heavy (non-hydrogen) atoms. The number of hydrogen-bond acceptors (Lipinski definition) is 4. The van der Waals surface area contributed by atoms with Crippen LogP contribution in [0.1, 0.15) is 32.8 Å². The van der Waals surface area contributed by atoms with E-state index in [0.717, 1.165) is 56.0 Å². The average molecular weight is 414 g/mol. The number of aryl methyl sites for hydroxylation is 2. The van der Waals surface area contributed by atoms with E-state index in [-0.39, 0.29) is 5.91 Å². The second kappa shape index (κ2) is 7.97. The molecule has 0 N–H and O–H groups in total. The SMILES string of the molecule is N#Cc1ccc(N2CCCN(C(=O)c3cc4c(s3)-c3ccccc3CC4)CC2)cc1.